The fourth-order valence-corrected chi connectivity index (χ4v) is 2.53. The zero-order chi connectivity index (χ0) is 14.0. The SMILES string of the molecule is Nc1cc(Cl)cc(C(=O)N2CCC[C@@H](C(=O)O)C2)c1. The molecule has 1 saturated heterocycles. The summed E-state index contributed by atoms with van der Waals surface area (Å²) >= 11 is 5.87. The largest absolute Gasteiger partial charge is 0.481 e. The smallest absolute Gasteiger partial charge is 0.308 e. The molecule has 0 aliphatic carbocycles. The van der Waals surface area contributed by atoms with E-state index in [4.69, 9.17) is 22.4 Å². The molecule has 6 heteroatoms. The molecule has 1 aliphatic heterocycles. The van der Waals surface area contributed by atoms with E-state index < -0.39 is 11.9 Å². The third-order valence-electron chi connectivity index (χ3n) is 3.22. The van der Waals surface area contributed by atoms with E-state index in [1.165, 1.54) is 0 Å². The minimum Gasteiger partial charge on any atom is -0.481 e. The van der Waals surface area contributed by atoms with E-state index in [0.29, 0.717) is 35.7 Å². The molecule has 0 unspecified atom stereocenters. The number of carbonyl (C=O) groups excluding carboxylic acids is 1. The van der Waals surface area contributed by atoms with Gasteiger partial charge in [-0.1, -0.05) is 11.6 Å². The third kappa shape index (κ3) is 3.17. The summed E-state index contributed by atoms with van der Waals surface area (Å²) in [6, 6.07) is 4.66. The predicted octanol–water partition coefficient (Wildman–Crippen LogP) is 1.86. The van der Waals surface area contributed by atoms with Crippen LogP contribution in [0.1, 0.15) is 23.2 Å². The molecule has 5 nitrogen and oxygen atoms in total. The minimum atomic E-state index is -0.858. The molecule has 19 heavy (non-hydrogen) atoms. The number of anilines is 1. The van der Waals surface area contributed by atoms with Crippen molar-refractivity contribution in [1.82, 2.24) is 4.90 Å². The molecule has 1 aliphatic rings. The van der Waals surface area contributed by atoms with Gasteiger partial charge in [-0.25, -0.2) is 0 Å². The summed E-state index contributed by atoms with van der Waals surface area (Å²) in [4.78, 5) is 24.8. The van der Waals surface area contributed by atoms with Crippen molar-refractivity contribution in [1.29, 1.82) is 0 Å². The lowest BCUT2D eigenvalue weighted by Crippen LogP contribution is -2.42. The summed E-state index contributed by atoms with van der Waals surface area (Å²) in [5.41, 5.74) is 6.47. The van der Waals surface area contributed by atoms with E-state index in [9.17, 15) is 9.59 Å². The molecule has 0 bridgehead atoms. The van der Waals surface area contributed by atoms with Crippen molar-refractivity contribution in [2.45, 2.75) is 12.8 Å². The van der Waals surface area contributed by atoms with Gasteiger partial charge in [0.2, 0.25) is 0 Å². The van der Waals surface area contributed by atoms with E-state index in [1.54, 1.807) is 23.1 Å². The molecule has 0 radical (unpaired) electrons. The summed E-state index contributed by atoms with van der Waals surface area (Å²) in [5, 5.41) is 9.42. The minimum absolute atomic E-state index is 0.222. The van der Waals surface area contributed by atoms with Crippen molar-refractivity contribution in [3.05, 3.63) is 28.8 Å². The second-order valence-electron chi connectivity index (χ2n) is 4.70. The fraction of sp³-hybridized carbons (Fsp3) is 0.385. The first-order chi connectivity index (χ1) is 8.97. The van der Waals surface area contributed by atoms with Crippen molar-refractivity contribution in [3.63, 3.8) is 0 Å². The zero-order valence-electron chi connectivity index (χ0n) is 10.3. The van der Waals surface area contributed by atoms with Crippen LogP contribution in [0.25, 0.3) is 0 Å². The number of aliphatic carboxylic acids is 1. The summed E-state index contributed by atoms with van der Waals surface area (Å²) in [6.45, 7) is 0.801. The highest BCUT2D eigenvalue weighted by atomic mass is 35.5. The normalized spacial score (nSPS) is 19.2. The molecule has 2 rings (SSSR count). The third-order valence-corrected chi connectivity index (χ3v) is 3.44. The molecule has 1 heterocycles. The Hall–Kier alpha value is -1.75. The Labute approximate surface area is 116 Å². The van der Waals surface area contributed by atoms with Crippen molar-refractivity contribution in [2.75, 3.05) is 18.8 Å². The first-order valence-corrected chi connectivity index (χ1v) is 6.43. The molecule has 1 aromatic rings. The Bertz CT molecular complexity index is 498. The van der Waals surface area contributed by atoms with Gasteiger partial charge in [-0.3, -0.25) is 9.59 Å². The highest BCUT2D eigenvalue weighted by molar-refractivity contribution is 6.31. The molecule has 0 saturated carbocycles. The van der Waals surface area contributed by atoms with Gasteiger partial charge in [-0.05, 0) is 31.0 Å². The highest BCUT2D eigenvalue weighted by Crippen LogP contribution is 2.22. The van der Waals surface area contributed by atoms with Crippen LogP contribution in [-0.2, 0) is 4.79 Å². The lowest BCUT2D eigenvalue weighted by molar-refractivity contribution is -0.143. The lowest BCUT2D eigenvalue weighted by Gasteiger charge is -2.30. The van der Waals surface area contributed by atoms with Crippen LogP contribution in [0.2, 0.25) is 5.02 Å². The number of amides is 1. The van der Waals surface area contributed by atoms with Crippen molar-refractivity contribution in [3.8, 4) is 0 Å². The number of benzene rings is 1. The fourth-order valence-electron chi connectivity index (χ4n) is 2.28. The number of piperidine rings is 1. The first-order valence-electron chi connectivity index (χ1n) is 6.05. The number of hydrogen-bond donors (Lipinski definition) is 2. The number of carboxylic acids is 1. The number of halogens is 1. The Morgan fingerprint density at radius 2 is 2.11 bits per heavy atom. The molecule has 0 aromatic heterocycles. The maximum Gasteiger partial charge on any atom is 0.308 e. The predicted molar refractivity (Wildman–Crippen MR) is 72.1 cm³/mol. The van der Waals surface area contributed by atoms with Gasteiger partial charge < -0.3 is 15.7 Å². The first kappa shape index (κ1) is 13.7. The number of nitrogens with zero attached hydrogens (tertiary/aromatic N) is 1. The molecule has 3 N–H and O–H groups in total. The van der Waals surface area contributed by atoms with Gasteiger partial charge >= 0.3 is 5.97 Å². The zero-order valence-corrected chi connectivity index (χ0v) is 11.1. The molecule has 102 valence electrons. The number of rotatable bonds is 2. The average molecular weight is 283 g/mol. The van der Waals surface area contributed by atoms with Gasteiger partial charge in [0.05, 0.1) is 5.92 Å². The summed E-state index contributed by atoms with van der Waals surface area (Å²) in [7, 11) is 0. The standard InChI is InChI=1S/C13H15ClN2O3/c14-10-4-9(5-11(15)6-10)12(17)16-3-1-2-8(7-16)13(18)19/h4-6,8H,1-3,7,15H2,(H,18,19)/t8-/m1/s1. The van der Waals surface area contributed by atoms with Crippen molar-refractivity contribution in [2.24, 2.45) is 5.92 Å². The second-order valence-corrected chi connectivity index (χ2v) is 5.14. The van der Waals surface area contributed by atoms with Crippen LogP contribution in [0.5, 0.6) is 0 Å². The molecule has 1 aromatic carbocycles. The second kappa shape index (κ2) is 5.48. The van der Waals surface area contributed by atoms with Gasteiger partial charge in [0.25, 0.3) is 5.91 Å². The summed E-state index contributed by atoms with van der Waals surface area (Å²) in [6.07, 6.45) is 1.30. The summed E-state index contributed by atoms with van der Waals surface area (Å²) < 4.78 is 0. The van der Waals surface area contributed by atoms with Crippen LogP contribution < -0.4 is 5.73 Å². The van der Waals surface area contributed by atoms with E-state index in [2.05, 4.69) is 0 Å². The number of likely N-dealkylation sites (tertiary alicyclic amines) is 1. The molecule has 1 atom stereocenters. The number of nitrogen functional groups attached to an aromatic ring is 1. The monoisotopic (exact) mass is 282 g/mol. The molecular weight excluding hydrogens is 268 g/mol. The van der Waals surface area contributed by atoms with Gasteiger partial charge in [0.15, 0.2) is 0 Å². The molecule has 0 spiro atoms. The molecule has 1 fully saturated rings. The van der Waals surface area contributed by atoms with Crippen LogP contribution in [-0.4, -0.2) is 35.0 Å². The van der Waals surface area contributed by atoms with Crippen molar-refractivity contribution < 1.29 is 14.7 Å². The van der Waals surface area contributed by atoms with Crippen LogP contribution in [0.3, 0.4) is 0 Å². The number of hydrogen-bond acceptors (Lipinski definition) is 3. The maximum atomic E-state index is 12.3. The van der Waals surface area contributed by atoms with Gasteiger partial charge in [-0.15, -0.1) is 0 Å². The van der Waals surface area contributed by atoms with Crippen molar-refractivity contribution >= 4 is 29.2 Å². The average Bonchev–Trinajstić information content (AvgIpc) is 2.37. The lowest BCUT2D eigenvalue weighted by atomic mass is 9.97. The maximum absolute atomic E-state index is 12.3. The van der Waals surface area contributed by atoms with E-state index in [0.717, 1.165) is 0 Å². The van der Waals surface area contributed by atoms with E-state index in [1.807, 2.05) is 0 Å². The number of carboxylic acid groups (broad SMARTS) is 1. The van der Waals surface area contributed by atoms with Crippen LogP contribution in [0.15, 0.2) is 18.2 Å². The van der Waals surface area contributed by atoms with E-state index in [-0.39, 0.29) is 12.5 Å². The van der Waals surface area contributed by atoms with Crippen LogP contribution in [0.4, 0.5) is 5.69 Å². The van der Waals surface area contributed by atoms with Crippen LogP contribution >= 0.6 is 11.6 Å². The topological polar surface area (TPSA) is 83.6 Å². The Balaban J connectivity index is 2.16. The number of nitrogens with two attached hydrogens (primary N) is 1. The Kier molecular flexibility index (Phi) is 3.95. The summed E-state index contributed by atoms with van der Waals surface area (Å²) in [5.74, 6) is -1.57. The molecular formula is C13H15ClN2O3. The Morgan fingerprint density at radius 3 is 2.74 bits per heavy atom. The van der Waals surface area contributed by atoms with E-state index >= 15 is 0 Å². The number of carbonyl (C=O) groups is 2. The van der Waals surface area contributed by atoms with Gasteiger partial charge in [0, 0.05) is 29.4 Å². The van der Waals surface area contributed by atoms with Crippen LogP contribution in [0, 0.1) is 5.92 Å². The molecule has 1 amide bonds. The highest BCUT2D eigenvalue weighted by Gasteiger charge is 2.28. The van der Waals surface area contributed by atoms with Gasteiger partial charge in [-0.2, -0.15) is 0 Å². The Morgan fingerprint density at radius 1 is 1.37 bits per heavy atom. The quantitative estimate of drug-likeness (QED) is 0.811. The van der Waals surface area contributed by atoms with Gasteiger partial charge in [0.1, 0.15) is 0 Å².